The fraction of sp³-hybridized carbons (Fsp3) is 0.522. The Labute approximate surface area is 191 Å². The van der Waals surface area contributed by atoms with Crippen molar-refractivity contribution in [3.8, 4) is 0 Å². The van der Waals surface area contributed by atoms with Crippen molar-refractivity contribution >= 4 is 34.2 Å². The minimum Gasteiger partial charge on any atom is -0.276 e. The smallest absolute Gasteiger partial charge is 0.276 e. The number of fused-ring (bicyclic) bond motifs is 1. The number of hydrogen-bond acceptors (Lipinski definition) is 3. The molecule has 0 atom stereocenters. The Morgan fingerprint density at radius 1 is 1.06 bits per heavy atom. The summed E-state index contributed by atoms with van der Waals surface area (Å²) in [6, 6.07) is 5.43. The molecular weight excluding hydrogens is 435 g/mol. The van der Waals surface area contributed by atoms with Crippen molar-refractivity contribution in [1.29, 1.82) is 0 Å². The van der Waals surface area contributed by atoms with Gasteiger partial charge in [-0.2, -0.15) is 5.10 Å². The summed E-state index contributed by atoms with van der Waals surface area (Å²) in [6.07, 6.45) is 5.51. The Hall–Kier alpha value is -2.05. The van der Waals surface area contributed by atoms with E-state index >= 15 is 0 Å². The highest BCUT2D eigenvalue weighted by atomic mass is 35.5. The summed E-state index contributed by atoms with van der Waals surface area (Å²) in [4.78, 5) is 26.2. The number of nitrogens with zero attached hydrogens (tertiary/aromatic N) is 4. The first kappa shape index (κ1) is 22.2. The van der Waals surface area contributed by atoms with Crippen LogP contribution in [0.2, 0.25) is 10.0 Å². The van der Waals surface area contributed by atoms with Gasteiger partial charge in [-0.15, -0.1) is 0 Å². The van der Waals surface area contributed by atoms with E-state index in [-0.39, 0.29) is 23.1 Å². The predicted molar refractivity (Wildman–Crippen MR) is 125 cm³/mol. The summed E-state index contributed by atoms with van der Waals surface area (Å²) in [6.45, 7) is 5.06. The standard InChI is InChI=1S/C23H28Cl2N4O2/c1-14(2)12-28-21-19(22(30)27(3)23(28)31)20(16-7-5-4-6-8-16)29(26-21)13-15-9-17(24)11-18(25)10-15/h9-11,14,16H,4-8,12-13H2,1-3H3. The van der Waals surface area contributed by atoms with E-state index in [4.69, 9.17) is 28.3 Å². The molecule has 2 aromatic heterocycles. The largest absolute Gasteiger partial charge is 0.332 e. The third-order valence-corrected chi connectivity index (χ3v) is 6.50. The molecule has 1 aliphatic rings. The normalized spacial score (nSPS) is 15.3. The first-order chi connectivity index (χ1) is 14.8. The molecule has 2 heterocycles. The number of hydrogen-bond donors (Lipinski definition) is 0. The minimum atomic E-state index is -0.322. The van der Waals surface area contributed by atoms with Crippen LogP contribution in [0.4, 0.5) is 0 Å². The topological polar surface area (TPSA) is 61.8 Å². The van der Waals surface area contributed by atoms with E-state index in [0.717, 1.165) is 36.9 Å². The molecule has 0 N–H and O–H groups in total. The Morgan fingerprint density at radius 3 is 2.32 bits per heavy atom. The lowest BCUT2D eigenvalue weighted by Crippen LogP contribution is -2.39. The molecule has 6 nitrogen and oxygen atoms in total. The van der Waals surface area contributed by atoms with Crippen LogP contribution in [0.5, 0.6) is 0 Å². The molecule has 0 radical (unpaired) electrons. The van der Waals surface area contributed by atoms with Crippen molar-refractivity contribution in [1.82, 2.24) is 18.9 Å². The third-order valence-electron chi connectivity index (χ3n) is 6.06. The van der Waals surface area contributed by atoms with Gasteiger partial charge in [0.1, 0.15) is 5.39 Å². The highest BCUT2D eigenvalue weighted by Crippen LogP contribution is 2.36. The molecule has 0 aliphatic heterocycles. The van der Waals surface area contributed by atoms with E-state index in [9.17, 15) is 9.59 Å². The van der Waals surface area contributed by atoms with Crippen molar-refractivity contribution in [2.45, 2.75) is 65.0 Å². The Morgan fingerprint density at radius 2 is 1.71 bits per heavy atom. The fourth-order valence-electron chi connectivity index (χ4n) is 4.70. The van der Waals surface area contributed by atoms with E-state index in [1.54, 1.807) is 17.7 Å². The van der Waals surface area contributed by atoms with Crippen molar-refractivity contribution in [3.05, 3.63) is 60.3 Å². The summed E-state index contributed by atoms with van der Waals surface area (Å²) < 4.78 is 4.77. The van der Waals surface area contributed by atoms with Crippen molar-refractivity contribution in [2.24, 2.45) is 13.0 Å². The maximum atomic E-state index is 13.3. The van der Waals surface area contributed by atoms with Crippen molar-refractivity contribution in [2.75, 3.05) is 0 Å². The van der Waals surface area contributed by atoms with E-state index in [2.05, 4.69) is 13.8 Å². The van der Waals surface area contributed by atoms with Gasteiger partial charge in [-0.1, -0.05) is 56.3 Å². The third kappa shape index (κ3) is 4.33. The average molecular weight is 463 g/mol. The molecule has 1 aromatic carbocycles. The van der Waals surface area contributed by atoms with Crippen LogP contribution in [-0.4, -0.2) is 18.9 Å². The highest BCUT2D eigenvalue weighted by molar-refractivity contribution is 6.34. The molecule has 3 aromatic rings. The van der Waals surface area contributed by atoms with Gasteiger partial charge in [0, 0.05) is 29.6 Å². The first-order valence-electron chi connectivity index (χ1n) is 10.9. The van der Waals surface area contributed by atoms with Crippen LogP contribution in [0.3, 0.4) is 0 Å². The predicted octanol–water partition coefficient (Wildman–Crippen LogP) is 4.96. The number of aromatic nitrogens is 4. The molecule has 1 fully saturated rings. The minimum absolute atomic E-state index is 0.242. The zero-order valence-corrected chi connectivity index (χ0v) is 19.7. The summed E-state index contributed by atoms with van der Waals surface area (Å²) in [7, 11) is 1.56. The van der Waals surface area contributed by atoms with E-state index in [1.807, 2.05) is 16.8 Å². The van der Waals surface area contributed by atoms with Crippen LogP contribution in [0.15, 0.2) is 27.8 Å². The SMILES string of the molecule is CC(C)Cn1c(=O)n(C)c(=O)c2c(C3CCCCC3)n(Cc3cc(Cl)cc(Cl)c3)nc21. The summed E-state index contributed by atoms with van der Waals surface area (Å²) in [5.41, 5.74) is 1.74. The molecule has 0 bridgehead atoms. The van der Waals surface area contributed by atoms with Crippen LogP contribution < -0.4 is 11.2 Å². The number of benzene rings is 1. The second-order valence-electron chi connectivity index (χ2n) is 9.01. The van der Waals surface area contributed by atoms with Gasteiger partial charge in [0.05, 0.1) is 12.2 Å². The molecule has 0 unspecified atom stereocenters. The Kier molecular flexibility index (Phi) is 6.31. The summed E-state index contributed by atoms with van der Waals surface area (Å²) in [5, 5.41) is 6.53. The Bertz CT molecular complexity index is 1210. The molecule has 0 saturated heterocycles. The maximum Gasteiger partial charge on any atom is 0.332 e. The second-order valence-corrected chi connectivity index (χ2v) is 9.88. The summed E-state index contributed by atoms with van der Waals surface area (Å²) in [5.74, 6) is 0.486. The number of rotatable bonds is 5. The molecular formula is C23H28Cl2N4O2. The van der Waals surface area contributed by atoms with Gasteiger partial charge in [0.15, 0.2) is 5.65 Å². The molecule has 0 amide bonds. The van der Waals surface area contributed by atoms with E-state index < -0.39 is 0 Å². The number of halogens is 2. The van der Waals surface area contributed by atoms with Gasteiger partial charge in [-0.05, 0) is 42.5 Å². The molecule has 1 aliphatic carbocycles. The summed E-state index contributed by atoms with van der Waals surface area (Å²) >= 11 is 12.4. The van der Waals surface area contributed by atoms with Crippen LogP contribution in [0.1, 0.15) is 63.1 Å². The van der Waals surface area contributed by atoms with E-state index in [1.165, 1.54) is 11.0 Å². The van der Waals surface area contributed by atoms with Gasteiger partial charge in [0.2, 0.25) is 0 Å². The zero-order chi connectivity index (χ0) is 22.3. The lowest BCUT2D eigenvalue weighted by molar-refractivity contribution is 0.421. The van der Waals surface area contributed by atoms with Gasteiger partial charge < -0.3 is 0 Å². The van der Waals surface area contributed by atoms with Crippen molar-refractivity contribution < 1.29 is 0 Å². The van der Waals surface area contributed by atoms with Crippen LogP contribution in [-0.2, 0) is 20.1 Å². The van der Waals surface area contributed by atoms with Gasteiger partial charge >= 0.3 is 5.69 Å². The molecule has 4 rings (SSSR count). The average Bonchev–Trinajstić information content (AvgIpc) is 3.08. The van der Waals surface area contributed by atoms with Gasteiger partial charge in [-0.3, -0.25) is 18.6 Å². The zero-order valence-electron chi connectivity index (χ0n) is 18.2. The quantitative estimate of drug-likeness (QED) is 0.538. The van der Waals surface area contributed by atoms with Crippen molar-refractivity contribution in [3.63, 3.8) is 0 Å². The second kappa shape index (κ2) is 8.83. The fourth-order valence-corrected chi connectivity index (χ4v) is 5.27. The highest BCUT2D eigenvalue weighted by Gasteiger charge is 2.28. The Balaban J connectivity index is 1.98. The van der Waals surface area contributed by atoms with E-state index in [0.29, 0.717) is 34.2 Å². The van der Waals surface area contributed by atoms with Gasteiger partial charge in [0.25, 0.3) is 5.56 Å². The van der Waals surface area contributed by atoms with Gasteiger partial charge in [-0.25, -0.2) is 4.79 Å². The maximum absolute atomic E-state index is 13.3. The molecule has 166 valence electrons. The molecule has 0 spiro atoms. The molecule has 8 heteroatoms. The van der Waals surface area contributed by atoms with Crippen LogP contribution >= 0.6 is 23.2 Å². The lowest BCUT2D eigenvalue weighted by Gasteiger charge is -2.23. The molecule has 1 saturated carbocycles. The lowest BCUT2D eigenvalue weighted by atomic mass is 9.86. The monoisotopic (exact) mass is 462 g/mol. The first-order valence-corrected chi connectivity index (χ1v) is 11.7. The van der Waals surface area contributed by atoms with Crippen LogP contribution in [0, 0.1) is 5.92 Å². The molecule has 31 heavy (non-hydrogen) atoms. The van der Waals surface area contributed by atoms with Crippen LogP contribution in [0.25, 0.3) is 11.0 Å².